The van der Waals surface area contributed by atoms with Crippen LogP contribution in [0.25, 0.3) is 6.20 Å². The van der Waals surface area contributed by atoms with Gasteiger partial charge in [0.15, 0.2) is 6.10 Å². The molecule has 0 spiro atoms. The molecule has 0 bridgehead atoms. The lowest BCUT2D eigenvalue weighted by Gasteiger charge is -2.32. The highest BCUT2D eigenvalue weighted by Gasteiger charge is 2.46. The van der Waals surface area contributed by atoms with Crippen molar-refractivity contribution in [1.82, 2.24) is 4.57 Å². The molecular weight excluding hydrogens is 236 g/mol. The maximum Gasteiger partial charge on any atom is 0.353 e. The smallest absolute Gasteiger partial charge is 0.353 e. The Morgan fingerprint density at radius 1 is 1.47 bits per heavy atom. The SMILES string of the molecule is C=Cn1cc[n+](C(OC)(OC)C(C[SiH3])OC)c1. The van der Waals surface area contributed by atoms with E-state index >= 15 is 0 Å². The van der Waals surface area contributed by atoms with Crippen LogP contribution in [0.4, 0.5) is 0 Å². The van der Waals surface area contributed by atoms with E-state index in [1.54, 1.807) is 27.5 Å². The molecular formula is C11H21N2O3Si+. The van der Waals surface area contributed by atoms with E-state index in [4.69, 9.17) is 14.2 Å². The van der Waals surface area contributed by atoms with Crippen LogP contribution < -0.4 is 4.57 Å². The van der Waals surface area contributed by atoms with Crippen LogP contribution in [0.5, 0.6) is 0 Å². The molecule has 0 aliphatic carbocycles. The second kappa shape index (κ2) is 6.11. The minimum absolute atomic E-state index is 0.144. The van der Waals surface area contributed by atoms with Crippen molar-refractivity contribution in [3.05, 3.63) is 25.3 Å². The maximum atomic E-state index is 5.57. The fourth-order valence-electron chi connectivity index (χ4n) is 1.96. The Labute approximate surface area is 105 Å². The number of nitrogens with zero attached hydrogens (tertiary/aromatic N) is 2. The average molecular weight is 257 g/mol. The van der Waals surface area contributed by atoms with E-state index in [2.05, 4.69) is 6.58 Å². The zero-order valence-corrected chi connectivity index (χ0v) is 12.9. The lowest BCUT2D eigenvalue weighted by Crippen LogP contribution is -2.64. The molecule has 0 aliphatic heterocycles. The van der Waals surface area contributed by atoms with Crippen molar-refractivity contribution in [3.8, 4) is 0 Å². The zero-order valence-electron chi connectivity index (χ0n) is 10.9. The van der Waals surface area contributed by atoms with Crippen molar-refractivity contribution < 1.29 is 18.8 Å². The van der Waals surface area contributed by atoms with Gasteiger partial charge in [-0.25, -0.2) is 4.57 Å². The number of hydrogen-bond acceptors (Lipinski definition) is 3. The van der Waals surface area contributed by atoms with Crippen LogP contribution >= 0.6 is 0 Å². The summed E-state index contributed by atoms with van der Waals surface area (Å²) in [4.78, 5) is 0. The van der Waals surface area contributed by atoms with E-state index in [1.165, 1.54) is 0 Å². The molecule has 0 saturated carbocycles. The molecule has 0 amide bonds. The first kappa shape index (κ1) is 14.1. The van der Waals surface area contributed by atoms with Crippen molar-refractivity contribution >= 4 is 16.4 Å². The number of hydrogen-bond donors (Lipinski definition) is 0. The van der Waals surface area contributed by atoms with Crippen LogP contribution in [-0.4, -0.2) is 42.2 Å². The first-order chi connectivity index (χ1) is 8.18. The predicted octanol–water partition coefficient (Wildman–Crippen LogP) is -0.422. The van der Waals surface area contributed by atoms with Gasteiger partial charge in [-0.2, -0.15) is 4.57 Å². The molecule has 1 aromatic heterocycles. The zero-order chi connectivity index (χ0) is 12.9. The van der Waals surface area contributed by atoms with Gasteiger partial charge in [-0.05, 0) is 6.04 Å². The van der Waals surface area contributed by atoms with Crippen LogP contribution in [0.15, 0.2) is 25.3 Å². The fourth-order valence-corrected chi connectivity index (χ4v) is 2.81. The molecule has 0 aromatic carbocycles. The topological polar surface area (TPSA) is 36.5 Å². The summed E-state index contributed by atoms with van der Waals surface area (Å²) in [6.45, 7) is 3.71. The van der Waals surface area contributed by atoms with Crippen LogP contribution in [0, 0.1) is 0 Å². The van der Waals surface area contributed by atoms with Crippen LogP contribution in [0.3, 0.4) is 0 Å². The lowest BCUT2D eigenvalue weighted by atomic mass is 10.3. The molecule has 1 heterocycles. The standard InChI is InChI=1S/C11H21N2O3Si/c1-5-12-6-7-13(9-12)11(15-3,16-4)10(8-17)14-2/h5-7,9-10H,1,8H2,2-4,17H3/q+1. The van der Waals surface area contributed by atoms with E-state index in [9.17, 15) is 0 Å². The van der Waals surface area contributed by atoms with Gasteiger partial charge in [0.05, 0.1) is 6.20 Å². The lowest BCUT2D eigenvalue weighted by molar-refractivity contribution is -0.862. The summed E-state index contributed by atoms with van der Waals surface area (Å²) in [5, 5.41) is 0. The third-order valence-corrected chi connectivity index (χ3v) is 3.62. The number of rotatable bonds is 7. The molecule has 0 N–H and O–H groups in total. The summed E-state index contributed by atoms with van der Waals surface area (Å²) in [6, 6.07) is 0.907. The van der Waals surface area contributed by atoms with Crippen LogP contribution in [0.1, 0.15) is 0 Å². The molecule has 6 heteroatoms. The first-order valence-electron chi connectivity index (χ1n) is 5.53. The van der Waals surface area contributed by atoms with E-state index in [1.807, 2.05) is 27.9 Å². The van der Waals surface area contributed by atoms with Gasteiger partial charge in [-0.3, -0.25) is 0 Å². The van der Waals surface area contributed by atoms with E-state index < -0.39 is 5.91 Å². The third kappa shape index (κ3) is 2.49. The Hall–Kier alpha value is -0.953. The average Bonchev–Trinajstić information content (AvgIpc) is 2.85. The first-order valence-corrected chi connectivity index (χ1v) is 6.94. The quantitative estimate of drug-likeness (QED) is 0.378. The molecule has 1 rings (SSSR count). The van der Waals surface area contributed by atoms with E-state index in [0.29, 0.717) is 0 Å². The molecule has 0 aliphatic rings. The van der Waals surface area contributed by atoms with Crippen molar-refractivity contribution in [3.63, 3.8) is 0 Å². The molecule has 1 atom stereocenters. The van der Waals surface area contributed by atoms with Gasteiger partial charge in [0.2, 0.25) is 0 Å². The Balaban J connectivity index is 3.17. The van der Waals surface area contributed by atoms with Gasteiger partial charge in [0.1, 0.15) is 12.4 Å². The van der Waals surface area contributed by atoms with Crippen molar-refractivity contribution in [2.24, 2.45) is 0 Å². The summed E-state index contributed by atoms with van der Waals surface area (Å²) < 4.78 is 20.3. The summed E-state index contributed by atoms with van der Waals surface area (Å²) in [7, 11) is 5.90. The molecule has 1 aromatic rings. The number of aromatic nitrogens is 2. The van der Waals surface area contributed by atoms with Crippen molar-refractivity contribution in [1.29, 1.82) is 0 Å². The summed E-state index contributed by atoms with van der Waals surface area (Å²) in [6.07, 6.45) is 7.16. The number of ether oxygens (including phenoxy) is 3. The van der Waals surface area contributed by atoms with E-state index in [-0.39, 0.29) is 6.10 Å². The highest BCUT2D eigenvalue weighted by Crippen LogP contribution is 2.21. The van der Waals surface area contributed by atoms with Crippen molar-refractivity contribution in [2.45, 2.75) is 18.1 Å². The molecule has 0 fully saturated rings. The maximum absolute atomic E-state index is 5.57. The van der Waals surface area contributed by atoms with E-state index in [0.717, 1.165) is 16.3 Å². The summed E-state index contributed by atoms with van der Waals surface area (Å²) in [5.74, 6) is -0.926. The van der Waals surface area contributed by atoms with Gasteiger partial charge in [-0.15, -0.1) is 0 Å². The molecule has 96 valence electrons. The monoisotopic (exact) mass is 257 g/mol. The minimum Gasteiger partial charge on any atom is -0.371 e. The molecule has 0 radical (unpaired) electrons. The summed E-state index contributed by atoms with van der Waals surface area (Å²) >= 11 is 0. The van der Waals surface area contributed by atoms with Crippen molar-refractivity contribution in [2.75, 3.05) is 21.3 Å². The second-order valence-electron chi connectivity index (χ2n) is 3.62. The Bertz CT molecular complexity index is 359. The molecule has 1 unspecified atom stereocenters. The predicted molar refractivity (Wildman–Crippen MR) is 68.5 cm³/mol. The van der Waals surface area contributed by atoms with Gasteiger partial charge >= 0.3 is 5.91 Å². The number of methoxy groups -OCH3 is 3. The third-order valence-electron chi connectivity index (χ3n) is 2.87. The Kier molecular flexibility index (Phi) is 5.07. The van der Waals surface area contributed by atoms with Gasteiger partial charge in [0, 0.05) is 31.6 Å². The fraction of sp³-hybridized carbons (Fsp3) is 0.545. The van der Waals surface area contributed by atoms with Gasteiger partial charge < -0.3 is 14.2 Å². The summed E-state index contributed by atoms with van der Waals surface area (Å²) in [5.41, 5.74) is 0. The largest absolute Gasteiger partial charge is 0.371 e. The minimum atomic E-state index is -0.926. The Morgan fingerprint density at radius 3 is 2.47 bits per heavy atom. The highest BCUT2D eigenvalue weighted by molar-refractivity contribution is 6.08. The van der Waals surface area contributed by atoms with Crippen LogP contribution in [0.2, 0.25) is 6.04 Å². The molecule has 17 heavy (non-hydrogen) atoms. The second-order valence-corrected chi connectivity index (χ2v) is 4.44. The van der Waals surface area contributed by atoms with Crippen LogP contribution in [-0.2, 0) is 20.1 Å². The normalized spacial score (nSPS) is 13.8. The molecule has 0 saturated heterocycles. The molecule has 5 nitrogen and oxygen atoms in total. The van der Waals surface area contributed by atoms with Gasteiger partial charge in [-0.1, -0.05) is 6.58 Å². The number of imidazole rings is 1. The Morgan fingerprint density at radius 2 is 2.12 bits per heavy atom. The highest BCUT2D eigenvalue weighted by atomic mass is 28.1. The van der Waals surface area contributed by atoms with Gasteiger partial charge in [0.25, 0.3) is 6.33 Å².